The maximum Gasteiger partial charge on any atom is 0.230 e. The highest BCUT2D eigenvalue weighted by Gasteiger charge is 2.34. The topological polar surface area (TPSA) is 63.7 Å². The van der Waals surface area contributed by atoms with Crippen LogP contribution in [-0.2, 0) is 20.8 Å². The van der Waals surface area contributed by atoms with E-state index in [1.54, 1.807) is 6.20 Å². The Morgan fingerprint density at radius 1 is 1.17 bits per heavy atom. The van der Waals surface area contributed by atoms with Gasteiger partial charge in [-0.3, -0.25) is 4.79 Å². The van der Waals surface area contributed by atoms with E-state index in [1.807, 2.05) is 35.2 Å². The lowest BCUT2D eigenvalue weighted by Gasteiger charge is -2.33. The molecule has 158 valence electrons. The first kappa shape index (κ1) is 20.0. The number of rotatable bonds is 3. The lowest BCUT2D eigenvalue weighted by molar-refractivity contribution is -0.125. The molecule has 30 heavy (non-hydrogen) atoms. The summed E-state index contributed by atoms with van der Waals surface area (Å²) in [5, 5.41) is 3.41. The Kier molecular flexibility index (Phi) is 5.76. The molecule has 3 heterocycles. The number of aromatic nitrogens is 1. The molecule has 5 rings (SSSR count). The molecule has 3 aliphatic rings. The van der Waals surface area contributed by atoms with Crippen LogP contribution >= 0.6 is 15.9 Å². The van der Waals surface area contributed by atoms with E-state index in [-0.39, 0.29) is 24.0 Å². The predicted molar refractivity (Wildman–Crippen MR) is 119 cm³/mol. The van der Waals surface area contributed by atoms with Crippen LogP contribution in [0.5, 0.6) is 0 Å². The van der Waals surface area contributed by atoms with Crippen LogP contribution < -0.4 is 10.2 Å². The second-order valence-electron chi connectivity index (χ2n) is 8.32. The molecule has 1 saturated heterocycles. The molecule has 1 aromatic carbocycles. The average molecular weight is 472 g/mol. The average Bonchev–Trinajstić information content (AvgIpc) is 3.21. The molecule has 1 N–H and O–H groups in total. The van der Waals surface area contributed by atoms with Crippen molar-refractivity contribution in [2.24, 2.45) is 5.92 Å². The molecule has 1 aromatic heterocycles. The number of fused-ring (bicyclic) bond motifs is 2. The van der Waals surface area contributed by atoms with Gasteiger partial charge in [-0.2, -0.15) is 0 Å². The van der Waals surface area contributed by atoms with Gasteiger partial charge in [-0.05, 0) is 56.4 Å². The molecule has 2 aliphatic heterocycles. The molecule has 1 amide bonds. The van der Waals surface area contributed by atoms with Gasteiger partial charge in [0.25, 0.3) is 0 Å². The van der Waals surface area contributed by atoms with Crippen molar-refractivity contribution >= 4 is 39.0 Å². The first-order valence-corrected chi connectivity index (χ1v) is 11.5. The second-order valence-corrected chi connectivity index (χ2v) is 9.23. The van der Waals surface area contributed by atoms with Crippen molar-refractivity contribution in [2.45, 2.75) is 50.9 Å². The number of ether oxygens (including phenoxy) is 2. The Hall–Kier alpha value is -1.96. The van der Waals surface area contributed by atoms with Gasteiger partial charge < -0.3 is 19.7 Å². The first-order chi connectivity index (χ1) is 14.7. The molecule has 1 unspecified atom stereocenters. The molecule has 1 saturated carbocycles. The third-order valence-corrected chi connectivity index (χ3v) is 6.78. The largest absolute Gasteiger partial charge is 0.379 e. The third kappa shape index (κ3) is 4.11. The van der Waals surface area contributed by atoms with Crippen LogP contribution in [0.15, 0.2) is 41.0 Å². The van der Waals surface area contributed by atoms with Gasteiger partial charge in [0, 0.05) is 28.8 Å². The number of halogens is 1. The zero-order chi connectivity index (χ0) is 20.5. The van der Waals surface area contributed by atoms with Crippen LogP contribution in [0.3, 0.4) is 0 Å². The highest BCUT2D eigenvalue weighted by atomic mass is 79.9. The number of nitrogens with one attached hydrogen (secondary N) is 1. The summed E-state index contributed by atoms with van der Waals surface area (Å²) >= 11 is 3.56. The maximum absolute atomic E-state index is 13.6. The number of carbonyl (C=O) groups is 1. The molecule has 0 spiro atoms. The molecule has 2 aromatic rings. The Morgan fingerprint density at radius 2 is 2.03 bits per heavy atom. The second kappa shape index (κ2) is 8.65. The maximum atomic E-state index is 13.6. The number of benzene rings is 1. The van der Waals surface area contributed by atoms with Gasteiger partial charge in [0.1, 0.15) is 5.82 Å². The van der Waals surface area contributed by atoms with Crippen LogP contribution in [0.1, 0.15) is 37.7 Å². The zero-order valence-corrected chi connectivity index (χ0v) is 18.4. The van der Waals surface area contributed by atoms with Gasteiger partial charge >= 0.3 is 0 Å². The number of pyridine rings is 1. The summed E-state index contributed by atoms with van der Waals surface area (Å²) < 4.78 is 12.6. The summed E-state index contributed by atoms with van der Waals surface area (Å²) in [6.07, 6.45) is 6.83. The Bertz CT molecular complexity index is 924. The quantitative estimate of drug-likeness (QED) is 0.696. The number of nitrogens with zero attached hydrogens (tertiary/aromatic N) is 2. The summed E-state index contributed by atoms with van der Waals surface area (Å²) in [4.78, 5) is 20.0. The lowest BCUT2D eigenvalue weighted by Crippen LogP contribution is -2.38. The van der Waals surface area contributed by atoms with Crippen LogP contribution in [0.25, 0.3) is 0 Å². The SMILES string of the molecule is O=C(C1CCC(OC2CCOC2)CC1)N1Cc2cccnc2Nc2ccc(Br)cc21. The first-order valence-electron chi connectivity index (χ1n) is 10.7. The van der Waals surface area contributed by atoms with Gasteiger partial charge in [0.15, 0.2) is 0 Å². The molecule has 2 fully saturated rings. The zero-order valence-electron chi connectivity index (χ0n) is 16.9. The summed E-state index contributed by atoms with van der Waals surface area (Å²) in [6.45, 7) is 2.03. The highest BCUT2D eigenvalue weighted by Crippen LogP contribution is 2.39. The monoisotopic (exact) mass is 471 g/mol. The van der Waals surface area contributed by atoms with Gasteiger partial charge in [0.2, 0.25) is 5.91 Å². The minimum Gasteiger partial charge on any atom is -0.379 e. The van der Waals surface area contributed by atoms with Crippen molar-refractivity contribution in [1.29, 1.82) is 0 Å². The van der Waals surface area contributed by atoms with E-state index in [0.717, 1.165) is 65.9 Å². The number of anilines is 3. The van der Waals surface area contributed by atoms with Gasteiger partial charge in [-0.1, -0.05) is 22.0 Å². The predicted octanol–water partition coefficient (Wildman–Crippen LogP) is 4.80. The third-order valence-electron chi connectivity index (χ3n) is 6.29. The van der Waals surface area contributed by atoms with E-state index in [1.165, 1.54) is 0 Å². The molecule has 6 nitrogen and oxygen atoms in total. The molecule has 0 radical (unpaired) electrons. The number of hydrogen-bond acceptors (Lipinski definition) is 5. The standard InChI is InChI=1S/C23H26BrN3O3/c24-17-5-8-20-21(12-17)27(13-16-2-1-10-25-22(16)26-20)23(28)15-3-6-18(7-4-15)30-19-9-11-29-14-19/h1-2,5,8,10,12,15,18-19H,3-4,6-7,9,11,13-14H2,(H,25,26). The van der Waals surface area contributed by atoms with Crippen molar-refractivity contribution in [2.75, 3.05) is 23.4 Å². The normalized spacial score (nSPS) is 25.8. The Balaban J connectivity index is 1.34. The molecular formula is C23H26BrN3O3. The fraction of sp³-hybridized carbons (Fsp3) is 0.478. The molecule has 0 bridgehead atoms. The van der Waals surface area contributed by atoms with E-state index in [4.69, 9.17) is 9.47 Å². The Labute approximate surface area is 185 Å². The molecule has 1 aliphatic carbocycles. The molecular weight excluding hydrogens is 446 g/mol. The lowest BCUT2D eigenvalue weighted by atomic mass is 9.86. The van der Waals surface area contributed by atoms with Crippen LogP contribution in [0.4, 0.5) is 17.2 Å². The summed E-state index contributed by atoms with van der Waals surface area (Å²) in [6, 6.07) is 9.95. The number of carbonyl (C=O) groups excluding carboxylic acids is 1. The van der Waals surface area contributed by atoms with E-state index in [2.05, 4.69) is 26.2 Å². The Morgan fingerprint density at radius 3 is 2.83 bits per heavy atom. The number of hydrogen-bond donors (Lipinski definition) is 1. The van der Waals surface area contributed by atoms with E-state index in [9.17, 15) is 4.79 Å². The van der Waals surface area contributed by atoms with Crippen LogP contribution in [0.2, 0.25) is 0 Å². The van der Waals surface area contributed by atoms with Crippen molar-refractivity contribution in [3.05, 3.63) is 46.6 Å². The summed E-state index contributed by atoms with van der Waals surface area (Å²) in [5.41, 5.74) is 2.83. The summed E-state index contributed by atoms with van der Waals surface area (Å²) in [7, 11) is 0. The van der Waals surface area contributed by atoms with Crippen molar-refractivity contribution in [1.82, 2.24) is 4.98 Å². The van der Waals surface area contributed by atoms with Crippen LogP contribution in [-0.4, -0.2) is 36.3 Å². The van der Waals surface area contributed by atoms with E-state index in [0.29, 0.717) is 13.2 Å². The smallest absolute Gasteiger partial charge is 0.230 e. The van der Waals surface area contributed by atoms with Gasteiger partial charge in [-0.25, -0.2) is 4.98 Å². The van der Waals surface area contributed by atoms with Crippen molar-refractivity contribution < 1.29 is 14.3 Å². The van der Waals surface area contributed by atoms with Crippen molar-refractivity contribution in [3.63, 3.8) is 0 Å². The number of amides is 1. The summed E-state index contributed by atoms with van der Waals surface area (Å²) in [5.74, 6) is 1.03. The van der Waals surface area contributed by atoms with E-state index < -0.39 is 0 Å². The fourth-order valence-corrected chi connectivity index (χ4v) is 5.00. The van der Waals surface area contributed by atoms with Crippen LogP contribution in [0, 0.1) is 5.92 Å². The van der Waals surface area contributed by atoms with Gasteiger partial charge in [-0.15, -0.1) is 0 Å². The fourth-order valence-electron chi connectivity index (χ4n) is 4.65. The minimum absolute atomic E-state index is 0.0229. The van der Waals surface area contributed by atoms with Gasteiger partial charge in [0.05, 0.1) is 36.7 Å². The molecule has 7 heteroatoms. The van der Waals surface area contributed by atoms with E-state index >= 15 is 0 Å². The molecule has 1 atom stereocenters. The minimum atomic E-state index is 0.0229. The highest BCUT2D eigenvalue weighted by molar-refractivity contribution is 9.10. The van der Waals surface area contributed by atoms with Crippen molar-refractivity contribution in [3.8, 4) is 0 Å².